The van der Waals surface area contributed by atoms with Crippen LogP contribution in [0.25, 0.3) is 0 Å². The lowest BCUT2D eigenvalue weighted by Gasteiger charge is -2.27. The van der Waals surface area contributed by atoms with Crippen LogP contribution < -0.4 is 4.90 Å². The Morgan fingerprint density at radius 1 is 1.31 bits per heavy atom. The van der Waals surface area contributed by atoms with Gasteiger partial charge in [-0.15, -0.1) is 0 Å². The van der Waals surface area contributed by atoms with E-state index in [4.69, 9.17) is 0 Å². The van der Waals surface area contributed by atoms with Gasteiger partial charge in [-0.3, -0.25) is 4.79 Å². The molecule has 0 bridgehead atoms. The van der Waals surface area contributed by atoms with Gasteiger partial charge >= 0.3 is 0 Å². The van der Waals surface area contributed by atoms with Crippen molar-refractivity contribution >= 4 is 12.1 Å². The summed E-state index contributed by atoms with van der Waals surface area (Å²) in [6.45, 7) is 4.08. The third-order valence-electron chi connectivity index (χ3n) is 2.90. The molecule has 0 aliphatic carbocycles. The molecule has 1 saturated heterocycles. The third-order valence-corrected chi connectivity index (χ3v) is 2.90. The maximum atomic E-state index is 10.8. The number of anilines is 1. The standard InChI is InChI=1S/C12H17N3O/c1-2-11-13-10(9-16)8-12(14-11)15-6-4-3-5-7-15/h8-9H,2-7H2,1H3. The number of aldehydes is 1. The fourth-order valence-corrected chi connectivity index (χ4v) is 2.01. The van der Waals surface area contributed by atoms with Gasteiger partial charge in [-0.2, -0.15) is 0 Å². The lowest BCUT2D eigenvalue weighted by molar-refractivity contribution is 0.111. The first-order chi connectivity index (χ1) is 7.83. The van der Waals surface area contributed by atoms with Gasteiger partial charge in [-0.05, 0) is 19.3 Å². The summed E-state index contributed by atoms with van der Waals surface area (Å²) in [5.41, 5.74) is 0.493. The second-order valence-electron chi connectivity index (χ2n) is 4.09. The Labute approximate surface area is 95.7 Å². The average Bonchev–Trinajstić information content (AvgIpc) is 2.39. The second-order valence-corrected chi connectivity index (χ2v) is 4.09. The number of piperidine rings is 1. The average molecular weight is 219 g/mol. The Balaban J connectivity index is 2.27. The highest BCUT2D eigenvalue weighted by molar-refractivity contribution is 5.73. The number of aryl methyl sites for hydroxylation is 1. The number of carbonyl (C=O) groups excluding carboxylic acids is 1. The van der Waals surface area contributed by atoms with E-state index in [1.807, 2.05) is 6.92 Å². The zero-order chi connectivity index (χ0) is 11.4. The van der Waals surface area contributed by atoms with Crippen molar-refractivity contribution in [1.82, 2.24) is 9.97 Å². The van der Waals surface area contributed by atoms with Crippen molar-refractivity contribution in [2.75, 3.05) is 18.0 Å². The van der Waals surface area contributed by atoms with E-state index in [1.165, 1.54) is 19.3 Å². The lowest BCUT2D eigenvalue weighted by Crippen LogP contribution is -2.30. The molecule has 1 fully saturated rings. The van der Waals surface area contributed by atoms with Gasteiger partial charge in [0.2, 0.25) is 0 Å². The molecule has 0 saturated carbocycles. The Kier molecular flexibility index (Phi) is 3.49. The molecule has 0 amide bonds. The smallest absolute Gasteiger partial charge is 0.168 e. The first kappa shape index (κ1) is 11.0. The molecule has 0 spiro atoms. The molecule has 1 aliphatic heterocycles. The largest absolute Gasteiger partial charge is 0.356 e. The van der Waals surface area contributed by atoms with Crippen LogP contribution in [-0.4, -0.2) is 29.3 Å². The van der Waals surface area contributed by atoms with E-state index in [1.54, 1.807) is 6.07 Å². The molecule has 2 heterocycles. The van der Waals surface area contributed by atoms with Crippen LogP contribution in [-0.2, 0) is 6.42 Å². The fourth-order valence-electron chi connectivity index (χ4n) is 2.01. The van der Waals surface area contributed by atoms with Gasteiger partial charge in [0.1, 0.15) is 17.3 Å². The number of rotatable bonds is 3. The summed E-state index contributed by atoms with van der Waals surface area (Å²) in [5, 5.41) is 0. The van der Waals surface area contributed by atoms with Gasteiger partial charge in [0.15, 0.2) is 6.29 Å². The molecule has 0 atom stereocenters. The summed E-state index contributed by atoms with van der Waals surface area (Å²) in [4.78, 5) is 21.7. The molecule has 0 radical (unpaired) electrons. The molecule has 4 nitrogen and oxygen atoms in total. The predicted octanol–water partition coefficient (Wildman–Crippen LogP) is 1.84. The molecule has 86 valence electrons. The number of aromatic nitrogens is 2. The minimum absolute atomic E-state index is 0.493. The van der Waals surface area contributed by atoms with Crippen molar-refractivity contribution in [1.29, 1.82) is 0 Å². The molecule has 0 unspecified atom stereocenters. The summed E-state index contributed by atoms with van der Waals surface area (Å²) >= 11 is 0. The molecule has 0 aromatic carbocycles. The second kappa shape index (κ2) is 5.05. The molecular weight excluding hydrogens is 202 g/mol. The number of carbonyl (C=O) groups is 1. The van der Waals surface area contributed by atoms with E-state index in [2.05, 4.69) is 14.9 Å². The van der Waals surface area contributed by atoms with Gasteiger partial charge in [0, 0.05) is 25.6 Å². The molecule has 16 heavy (non-hydrogen) atoms. The lowest BCUT2D eigenvalue weighted by atomic mass is 10.1. The summed E-state index contributed by atoms with van der Waals surface area (Å²) in [7, 11) is 0. The van der Waals surface area contributed by atoms with E-state index in [-0.39, 0.29) is 0 Å². The number of hydrogen-bond acceptors (Lipinski definition) is 4. The number of hydrogen-bond donors (Lipinski definition) is 0. The van der Waals surface area contributed by atoms with Crippen LogP contribution in [0.3, 0.4) is 0 Å². The van der Waals surface area contributed by atoms with Gasteiger partial charge in [0.25, 0.3) is 0 Å². The van der Waals surface area contributed by atoms with E-state index in [0.717, 1.165) is 37.4 Å². The summed E-state index contributed by atoms with van der Waals surface area (Å²) < 4.78 is 0. The van der Waals surface area contributed by atoms with E-state index in [0.29, 0.717) is 5.69 Å². The van der Waals surface area contributed by atoms with Crippen LogP contribution in [0, 0.1) is 0 Å². The van der Waals surface area contributed by atoms with Crippen molar-refractivity contribution < 1.29 is 4.79 Å². The van der Waals surface area contributed by atoms with Gasteiger partial charge < -0.3 is 4.90 Å². The van der Waals surface area contributed by atoms with Crippen LogP contribution in [0.1, 0.15) is 42.5 Å². The van der Waals surface area contributed by atoms with Crippen LogP contribution in [0.5, 0.6) is 0 Å². The highest BCUT2D eigenvalue weighted by Gasteiger charge is 2.13. The minimum atomic E-state index is 0.493. The maximum absolute atomic E-state index is 10.8. The van der Waals surface area contributed by atoms with Gasteiger partial charge in [0.05, 0.1) is 0 Å². The first-order valence-corrected chi connectivity index (χ1v) is 5.91. The zero-order valence-electron chi connectivity index (χ0n) is 9.65. The van der Waals surface area contributed by atoms with Crippen LogP contribution >= 0.6 is 0 Å². The third kappa shape index (κ3) is 2.38. The molecular formula is C12H17N3O. The molecule has 1 aromatic heterocycles. The van der Waals surface area contributed by atoms with Gasteiger partial charge in [-0.25, -0.2) is 9.97 Å². The van der Waals surface area contributed by atoms with Crippen molar-refractivity contribution in [3.8, 4) is 0 Å². The molecule has 2 rings (SSSR count). The van der Waals surface area contributed by atoms with Crippen molar-refractivity contribution in [3.05, 3.63) is 17.6 Å². The molecule has 4 heteroatoms. The first-order valence-electron chi connectivity index (χ1n) is 5.91. The Morgan fingerprint density at radius 2 is 2.06 bits per heavy atom. The zero-order valence-corrected chi connectivity index (χ0v) is 9.65. The molecule has 1 aliphatic rings. The predicted molar refractivity (Wildman–Crippen MR) is 62.9 cm³/mol. The Hall–Kier alpha value is -1.45. The van der Waals surface area contributed by atoms with Crippen molar-refractivity contribution in [2.45, 2.75) is 32.6 Å². The molecule has 1 aromatic rings. The van der Waals surface area contributed by atoms with Crippen LogP contribution in [0.2, 0.25) is 0 Å². The highest BCUT2D eigenvalue weighted by atomic mass is 16.1. The van der Waals surface area contributed by atoms with Crippen LogP contribution in [0.4, 0.5) is 5.82 Å². The van der Waals surface area contributed by atoms with E-state index < -0.39 is 0 Å². The van der Waals surface area contributed by atoms with E-state index >= 15 is 0 Å². The monoisotopic (exact) mass is 219 g/mol. The number of nitrogens with zero attached hydrogens (tertiary/aromatic N) is 3. The van der Waals surface area contributed by atoms with E-state index in [9.17, 15) is 4.79 Å². The molecule has 0 N–H and O–H groups in total. The summed E-state index contributed by atoms with van der Waals surface area (Å²) in [6.07, 6.45) is 5.28. The van der Waals surface area contributed by atoms with Crippen LogP contribution in [0.15, 0.2) is 6.07 Å². The SMILES string of the molecule is CCc1nc(C=O)cc(N2CCCCC2)n1. The highest BCUT2D eigenvalue weighted by Crippen LogP contribution is 2.18. The van der Waals surface area contributed by atoms with Crippen molar-refractivity contribution in [2.24, 2.45) is 0 Å². The quantitative estimate of drug-likeness (QED) is 0.728. The summed E-state index contributed by atoms with van der Waals surface area (Å²) in [6, 6.07) is 1.79. The Bertz CT molecular complexity index is 373. The topological polar surface area (TPSA) is 46.1 Å². The maximum Gasteiger partial charge on any atom is 0.168 e. The fraction of sp³-hybridized carbons (Fsp3) is 0.583. The van der Waals surface area contributed by atoms with Crippen molar-refractivity contribution in [3.63, 3.8) is 0 Å². The minimum Gasteiger partial charge on any atom is -0.356 e. The van der Waals surface area contributed by atoms with Gasteiger partial charge in [-0.1, -0.05) is 6.92 Å². The summed E-state index contributed by atoms with van der Waals surface area (Å²) in [5.74, 6) is 1.67. The Morgan fingerprint density at radius 3 is 2.69 bits per heavy atom. The normalized spacial score (nSPS) is 16.2.